The molecule has 0 bridgehead atoms. The van der Waals surface area contributed by atoms with E-state index in [4.69, 9.17) is 9.47 Å². The topological polar surface area (TPSA) is 104 Å². The standard InChI is InChI=1S/C26H28FN5O3/c1-34-23-3-2-21-25(31-23)24(20(27)14-30-21)22(33)15-32-7-4-19(5-8-32)29-13-16-10-17-6-9-35-26(17)18(11-16)12-28/h2-3,10-11,14,19,22,29,33H,4-9,13,15H2,1H3/t22-/m0/s1. The molecule has 8 nitrogen and oxygen atoms in total. The predicted molar refractivity (Wildman–Crippen MR) is 128 cm³/mol. The van der Waals surface area contributed by atoms with Crippen LogP contribution in [0.2, 0.25) is 0 Å². The first kappa shape index (κ1) is 23.4. The van der Waals surface area contributed by atoms with Crippen molar-refractivity contribution in [3.05, 3.63) is 58.5 Å². The third-order valence-corrected chi connectivity index (χ3v) is 6.80. The number of piperidine rings is 1. The van der Waals surface area contributed by atoms with Gasteiger partial charge in [0.05, 0.1) is 37.1 Å². The highest BCUT2D eigenvalue weighted by atomic mass is 19.1. The zero-order valence-electron chi connectivity index (χ0n) is 19.6. The Balaban J connectivity index is 1.18. The summed E-state index contributed by atoms with van der Waals surface area (Å²) in [5.74, 6) is 0.511. The molecule has 2 aromatic heterocycles. The molecule has 3 aromatic rings. The summed E-state index contributed by atoms with van der Waals surface area (Å²) in [6, 6.07) is 9.98. The molecule has 4 heterocycles. The van der Waals surface area contributed by atoms with Crippen molar-refractivity contribution in [3.63, 3.8) is 0 Å². The van der Waals surface area contributed by atoms with E-state index in [-0.39, 0.29) is 5.56 Å². The van der Waals surface area contributed by atoms with Gasteiger partial charge >= 0.3 is 0 Å². The number of aliphatic hydroxyl groups is 1. The molecular weight excluding hydrogens is 449 g/mol. The monoisotopic (exact) mass is 477 g/mol. The van der Waals surface area contributed by atoms with E-state index in [2.05, 4.69) is 32.3 Å². The molecule has 5 rings (SSSR count). The molecule has 0 unspecified atom stereocenters. The van der Waals surface area contributed by atoms with Crippen LogP contribution in [0.1, 0.15) is 41.2 Å². The van der Waals surface area contributed by atoms with E-state index in [0.717, 1.165) is 55.4 Å². The Kier molecular flexibility index (Phi) is 6.77. The smallest absolute Gasteiger partial charge is 0.213 e. The number of hydrogen-bond donors (Lipinski definition) is 2. The molecule has 0 radical (unpaired) electrons. The fourth-order valence-corrected chi connectivity index (χ4v) is 4.95. The van der Waals surface area contributed by atoms with Crippen molar-refractivity contribution in [2.24, 2.45) is 0 Å². The molecule has 9 heteroatoms. The Bertz CT molecular complexity index is 1270. The number of aliphatic hydroxyl groups excluding tert-OH is 1. The molecule has 0 amide bonds. The first-order chi connectivity index (χ1) is 17.1. The second-order valence-electron chi connectivity index (χ2n) is 9.05. The molecule has 2 aliphatic rings. The second-order valence-corrected chi connectivity index (χ2v) is 9.05. The largest absolute Gasteiger partial charge is 0.492 e. The molecule has 0 spiro atoms. The number of β-amino-alcohol motifs (C(OH)–C–C–N with tert-alkyl or cyclic N) is 1. The highest BCUT2D eigenvalue weighted by molar-refractivity contribution is 5.78. The van der Waals surface area contributed by atoms with Crippen LogP contribution in [0.15, 0.2) is 30.5 Å². The molecule has 2 aliphatic heterocycles. The highest BCUT2D eigenvalue weighted by Gasteiger charge is 2.25. The molecule has 1 saturated heterocycles. The van der Waals surface area contributed by atoms with Gasteiger partial charge in [0, 0.05) is 37.2 Å². The van der Waals surface area contributed by atoms with Crippen molar-refractivity contribution in [1.29, 1.82) is 5.26 Å². The lowest BCUT2D eigenvalue weighted by molar-refractivity contribution is 0.0924. The maximum atomic E-state index is 14.7. The molecule has 1 fully saturated rings. The normalized spacial score (nSPS) is 17.1. The number of nitrogens with zero attached hydrogens (tertiary/aromatic N) is 4. The third kappa shape index (κ3) is 4.91. The minimum absolute atomic E-state index is 0.156. The van der Waals surface area contributed by atoms with Crippen LogP contribution >= 0.6 is 0 Å². The second kappa shape index (κ2) is 10.1. The van der Waals surface area contributed by atoms with Crippen LogP contribution < -0.4 is 14.8 Å². The van der Waals surface area contributed by atoms with Crippen LogP contribution in [0.3, 0.4) is 0 Å². The van der Waals surface area contributed by atoms with Gasteiger partial charge in [0.25, 0.3) is 0 Å². The van der Waals surface area contributed by atoms with E-state index < -0.39 is 11.9 Å². The Morgan fingerprint density at radius 1 is 1.34 bits per heavy atom. The van der Waals surface area contributed by atoms with Crippen LogP contribution in [-0.4, -0.2) is 59.4 Å². The van der Waals surface area contributed by atoms with E-state index >= 15 is 0 Å². The quantitative estimate of drug-likeness (QED) is 0.536. The zero-order valence-corrected chi connectivity index (χ0v) is 19.6. The summed E-state index contributed by atoms with van der Waals surface area (Å²) in [6.07, 6.45) is 2.78. The van der Waals surface area contributed by atoms with Crippen LogP contribution in [0.4, 0.5) is 4.39 Å². The fraction of sp³-hybridized carbons (Fsp3) is 0.423. The minimum atomic E-state index is -1.03. The van der Waals surface area contributed by atoms with Gasteiger partial charge in [-0.15, -0.1) is 0 Å². The number of aromatic nitrogens is 2. The van der Waals surface area contributed by atoms with Crippen molar-refractivity contribution in [1.82, 2.24) is 20.2 Å². The van der Waals surface area contributed by atoms with Gasteiger partial charge in [-0.25, -0.2) is 9.37 Å². The average molecular weight is 478 g/mol. The third-order valence-electron chi connectivity index (χ3n) is 6.80. The van der Waals surface area contributed by atoms with Gasteiger partial charge < -0.3 is 24.8 Å². The molecule has 0 aliphatic carbocycles. The Morgan fingerprint density at radius 3 is 2.94 bits per heavy atom. The Hall–Kier alpha value is -3.32. The molecule has 35 heavy (non-hydrogen) atoms. The zero-order chi connectivity index (χ0) is 24.4. The molecule has 1 aromatic carbocycles. The minimum Gasteiger partial charge on any atom is -0.492 e. The lowest BCUT2D eigenvalue weighted by Crippen LogP contribution is -2.43. The van der Waals surface area contributed by atoms with Crippen molar-refractivity contribution in [2.75, 3.05) is 33.4 Å². The summed E-state index contributed by atoms with van der Waals surface area (Å²) < 4.78 is 25.4. The summed E-state index contributed by atoms with van der Waals surface area (Å²) in [4.78, 5) is 10.6. The van der Waals surface area contributed by atoms with Gasteiger partial charge in [-0.1, -0.05) is 6.07 Å². The number of fused-ring (bicyclic) bond motifs is 2. The number of halogens is 1. The summed E-state index contributed by atoms with van der Waals surface area (Å²) in [5, 5.41) is 23.9. The lowest BCUT2D eigenvalue weighted by atomic mass is 10.0. The maximum Gasteiger partial charge on any atom is 0.213 e. The SMILES string of the molecule is COc1ccc2ncc(F)c([C@@H](O)CN3CCC(NCc4cc(C#N)c5c(c4)CCO5)CC3)c2n1. The van der Waals surface area contributed by atoms with E-state index in [9.17, 15) is 14.8 Å². The van der Waals surface area contributed by atoms with Crippen LogP contribution in [0, 0.1) is 17.1 Å². The molecule has 1 atom stereocenters. The van der Waals surface area contributed by atoms with Gasteiger partial charge in [-0.2, -0.15) is 5.26 Å². The number of methoxy groups -OCH3 is 1. The first-order valence-corrected chi connectivity index (χ1v) is 11.9. The van der Waals surface area contributed by atoms with Gasteiger partial charge in [0.2, 0.25) is 5.88 Å². The van der Waals surface area contributed by atoms with Gasteiger partial charge in [0.1, 0.15) is 23.2 Å². The number of benzene rings is 1. The fourth-order valence-electron chi connectivity index (χ4n) is 4.95. The summed E-state index contributed by atoms with van der Waals surface area (Å²) >= 11 is 0. The van der Waals surface area contributed by atoms with Crippen LogP contribution in [0.5, 0.6) is 11.6 Å². The highest BCUT2D eigenvalue weighted by Crippen LogP contribution is 2.31. The number of nitriles is 1. The Morgan fingerprint density at radius 2 is 2.17 bits per heavy atom. The number of ether oxygens (including phenoxy) is 2. The predicted octanol–water partition coefficient (Wildman–Crippen LogP) is 2.87. The van der Waals surface area contributed by atoms with E-state index in [1.54, 1.807) is 12.1 Å². The maximum absolute atomic E-state index is 14.7. The summed E-state index contributed by atoms with van der Waals surface area (Å²) in [7, 11) is 1.50. The van der Waals surface area contributed by atoms with E-state index in [1.807, 2.05) is 6.07 Å². The lowest BCUT2D eigenvalue weighted by Gasteiger charge is -2.33. The van der Waals surface area contributed by atoms with Crippen molar-refractivity contribution < 1.29 is 19.0 Å². The van der Waals surface area contributed by atoms with Gasteiger partial charge in [0.15, 0.2) is 0 Å². The van der Waals surface area contributed by atoms with E-state index in [0.29, 0.717) is 48.2 Å². The van der Waals surface area contributed by atoms with Crippen LogP contribution in [0.25, 0.3) is 11.0 Å². The number of rotatable bonds is 7. The average Bonchev–Trinajstić information content (AvgIpc) is 3.36. The van der Waals surface area contributed by atoms with E-state index in [1.165, 1.54) is 7.11 Å². The molecule has 0 saturated carbocycles. The molecular formula is C26H28FN5O3. The number of likely N-dealkylation sites (tertiary alicyclic amines) is 1. The van der Waals surface area contributed by atoms with Gasteiger partial charge in [-0.3, -0.25) is 4.98 Å². The number of nitrogens with one attached hydrogen (secondary N) is 1. The van der Waals surface area contributed by atoms with Crippen LogP contribution in [-0.2, 0) is 13.0 Å². The molecule has 2 N–H and O–H groups in total. The first-order valence-electron chi connectivity index (χ1n) is 11.9. The number of hydrogen-bond acceptors (Lipinski definition) is 8. The van der Waals surface area contributed by atoms with Crippen molar-refractivity contribution in [2.45, 2.75) is 38.0 Å². The van der Waals surface area contributed by atoms with Gasteiger partial charge in [-0.05, 0) is 49.2 Å². The Labute approximate surface area is 203 Å². The van der Waals surface area contributed by atoms with Crippen molar-refractivity contribution >= 4 is 11.0 Å². The number of pyridine rings is 2. The van der Waals surface area contributed by atoms with Crippen molar-refractivity contribution in [3.8, 4) is 17.7 Å². The summed E-state index contributed by atoms with van der Waals surface area (Å²) in [6.45, 7) is 3.22. The molecule has 182 valence electrons. The summed E-state index contributed by atoms with van der Waals surface area (Å²) in [5.41, 5.74) is 3.79.